The second-order valence-corrected chi connectivity index (χ2v) is 4.46. The van der Waals surface area contributed by atoms with E-state index in [1.165, 1.54) is 12.4 Å². The minimum atomic E-state index is -0.294. The van der Waals surface area contributed by atoms with Gasteiger partial charge in [0.1, 0.15) is 5.82 Å². The average molecular weight is 251 g/mol. The first kappa shape index (κ1) is 12.6. The number of rotatable bonds is 4. The van der Waals surface area contributed by atoms with Gasteiger partial charge in [-0.3, -0.25) is 14.5 Å². The van der Waals surface area contributed by atoms with Crippen molar-refractivity contribution in [2.24, 2.45) is 5.73 Å². The van der Waals surface area contributed by atoms with Crippen LogP contribution in [0.1, 0.15) is 12.8 Å². The van der Waals surface area contributed by atoms with E-state index in [1.54, 1.807) is 0 Å². The van der Waals surface area contributed by atoms with Crippen molar-refractivity contribution in [1.82, 2.24) is 14.9 Å². The summed E-state index contributed by atoms with van der Waals surface area (Å²) in [7, 11) is 0. The summed E-state index contributed by atoms with van der Waals surface area (Å²) in [6.45, 7) is 1.96. The first-order valence-electron chi connectivity index (χ1n) is 5.95. The molecule has 0 spiro atoms. The number of primary amides is 1. The number of amides is 1. The number of aromatic amines is 1. The summed E-state index contributed by atoms with van der Waals surface area (Å²) in [5.41, 5.74) is 4.99. The second-order valence-electron chi connectivity index (χ2n) is 4.46. The van der Waals surface area contributed by atoms with Crippen LogP contribution >= 0.6 is 0 Å². The van der Waals surface area contributed by atoms with Crippen LogP contribution in [0.25, 0.3) is 0 Å². The molecule has 1 aliphatic heterocycles. The van der Waals surface area contributed by atoms with Gasteiger partial charge in [0.25, 0.3) is 5.56 Å². The van der Waals surface area contributed by atoms with Crippen molar-refractivity contribution < 1.29 is 4.79 Å². The normalized spacial score (nSPS) is 17.6. The smallest absolute Gasteiger partial charge is 0.252 e. The van der Waals surface area contributed by atoms with E-state index in [9.17, 15) is 9.59 Å². The summed E-state index contributed by atoms with van der Waals surface area (Å²) in [4.78, 5) is 30.5. The van der Waals surface area contributed by atoms with Gasteiger partial charge in [0.05, 0.1) is 12.9 Å². The molecular formula is C11H17N5O2. The van der Waals surface area contributed by atoms with Crippen LogP contribution < -0.4 is 16.6 Å². The summed E-state index contributed by atoms with van der Waals surface area (Å²) in [5.74, 6) is 0.296. The molecule has 0 atom stereocenters. The monoisotopic (exact) mass is 251 g/mol. The average Bonchev–Trinajstić information content (AvgIpc) is 2.31. The molecule has 2 rings (SSSR count). The molecule has 1 amide bonds. The van der Waals surface area contributed by atoms with Gasteiger partial charge in [0, 0.05) is 25.2 Å². The number of anilines is 1. The van der Waals surface area contributed by atoms with Gasteiger partial charge in [-0.15, -0.1) is 0 Å². The van der Waals surface area contributed by atoms with Crippen molar-refractivity contribution in [1.29, 1.82) is 0 Å². The number of H-pyrrole nitrogens is 1. The van der Waals surface area contributed by atoms with Crippen molar-refractivity contribution >= 4 is 11.7 Å². The molecule has 1 aromatic rings. The maximum absolute atomic E-state index is 11.1. The summed E-state index contributed by atoms with van der Waals surface area (Å²) in [5, 5.41) is 3.22. The highest BCUT2D eigenvalue weighted by Gasteiger charge is 2.20. The maximum Gasteiger partial charge on any atom is 0.252 e. The molecule has 0 saturated carbocycles. The van der Waals surface area contributed by atoms with Crippen molar-refractivity contribution in [3.05, 3.63) is 22.7 Å². The van der Waals surface area contributed by atoms with Gasteiger partial charge in [-0.1, -0.05) is 0 Å². The molecule has 4 N–H and O–H groups in total. The summed E-state index contributed by atoms with van der Waals surface area (Å²) in [6.07, 6.45) is 3.19. The van der Waals surface area contributed by atoms with Crippen molar-refractivity contribution in [3.8, 4) is 0 Å². The number of hydrogen-bond acceptors (Lipinski definition) is 5. The molecule has 0 aromatic carbocycles. The molecule has 98 valence electrons. The Balaban J connectivity index is 1.83. The molecule has 7 heteroatoms. The fourth-order valence-corrected chi connectivity index (χ4v) is 2.11. The van der Waals surface area contributed by atoms with Crippen LogP contribution in [0.2, 0.25) is 0 Å². The van der Waals surface area contributed by atoms with Gasteiger partial charge in [-0.2, -0.15) is 0 Å². The lowest BCUT2D eigenvalue weighted by atomic mass is 10.1. The highest BCUT2D eigenvalue weighted by atomic mass is 16.1. The van der Waals surface area contributed by atoms with Crippen LogP contribution in [0.5, 0.6) is 0 Å². The Kier molecular flexibility index (Phi) is 3.93. The second kappa shape index (κ2) is 5.63. The highest BCUT2D eigenvalue weighted by Crippen LogP contribution is 2.13. The number of hydrogen-bond donors (Lipinski definition) is 3. The number of likely N-dealkylation sites (tertiary alicyclic amines) is 1. The molecule has 1 aromatic heterocycles. The van der Waals surface area contributed by atoms with Crippen LogP contribution in [0, 0.1) is 0 Å². The van der Waals surface area contributed by atoms with Gasteiger partial charge in [-0.05, 0) is 12.8 Å². The third-order valence-electron chi connectivity index (χ3n) is 3.00. The SMILES string of the molecule is NC(=O)CN1CCC(Nc2cc(=O)[nH]cn2)CC1. The van der Waals surface area contributed by atoms with E-state index in [0.717, 1.165) is 25.9 Å². The molecule has 0 unspecified atom stereocenters. The lowest BCUT2D eigenvalue weighted by Gasteiger charge is -2.31. The Morgan fingerprint density at radius 1 is 1.56 bits per heavy atom. The minimum absolute atomic E-state index is 0.168. The van der Waals surface area contributed by atoms with Gasteiger partial charge >= 0.3 is 0 Å². The van der Waals surface area contributed by atoms with Crippen LogP contribution in [-0.4, -0.2) is 46.5 Å². The highest BCUT2D eigenvalue weighted by molar-refractivity contribution is 5.75. The number of nitrogens with one attached hydrogen (secondary N) is 2. The lowest BCUT2D eigenvalue weighted by Crippen LogP contribution is -2.43. The molecule has 18 heavy (non-hydrogen) atoms. The third kappa shape index (κ3) is 3.56. The van der Waals surface area contributed by atoms with Gasteiger partial charge in [-0.25, -0.2) is 4.98 Å². The predicted octanol–water partition coefficient (Wildman–Crippen LogP) is -0.868. The zero-order chi connectivity index (χ0) is 13.0. The number of aromatic nitrogens is 2. The predicted molar refractivity (Wildman–Crippen MR) is 67.1 cm³/mol. The van der Waals surface area contributed by atoms with E-state index in [4.69, 9.17) is 5.73 Å². The van der Waals surface area contributed by atoms with Crippen molar-refractivity contribution in [3.63, 3.8) is 0 Å². The Bertz CT molecular complexity index is 465. The zero-order valence-corrected chi connectivity index (χ0v) is 10.1. The fraction of sp³-hybridized carbons (Fsp3) is 0.545. The minimum Gasteiger partial charge on any atom is -0.369 e. The first-order chi connectivity index (χ1) is 8.63. The molecule has 1 aliphatic rings. The summed E-state index contributed by atoms with van der Waals surface area (Å²) in [6, 6.07) is 1.72. The molecule has 7 nitrogen and oxygen atoms in total. The van der Waals surface area contributed by atoms with Crippen LogP contribution in [-0.2, 0) is 4.79 Å². The zero-order valence-electron chi connectivity index (χ0n) is 10.1. The van der Waals surface area contributed by atoms with E-state index in [0.29, 0.717) is 12.4 Å². The van der Waals surface area contributed by atoms with Crippen molar-refractivity contribution in [2.75, 3.05) is 25.0 Å². The van der Waals surface area contributed by atoms with E-state index in [1.807, 2.05) is 4.90 Å². The Hall–Kier alpha value is -1.89. The van der Waals surface area contributed by atoms with Gasteiger partial charge < -0.3 is 16.0 Å². The topological polar surface area (TPSA) is 104 Å². The number of nitrogens with two attached hydrogens (primary N) is 1. The number of piperidine rings is 1. The van der Waals surface area contributed by atoms with E-state index in [-0.39, 0.29) is 17.5 Å². The molecule has 0 aliphatic carbocycles. The van der Waals surface area contributed by atoms with Crippen LogP contribution in [0.15, 0.2) is 17.2 Å². The summed E-state index contributed by atoms with van der Waals surface area (Å²) < 4.78 is 0. The molecule has 1 saturated heterocycles. The molecule has 0 radical (unpaired) electrons. The quantitative estimate of drug-likeness (QED) is 0.645. The number of nitrogens with zero attached hydrogens (tertiary/aromatic N) is 2. The van der Waals surface area contributed by atoms with Gasteiger partial charge in [0.2, 0.25) is 5.91 Å². The van der Waals surface area contributed by atoms with Crippen LogP contribution in [0.3, 0.4) is 0 Å². The van der Waals surface area contributed by atoms with E-state index >= 15 is 0 Å². The number of carbonyl (C=O) groups is 1. The third-order valence-corrected chi connectivity index (χ3v) is 3.00. The molecule has 2 heterocycles. The maximum atomic E-state index is 11.1. The standard InChI is InChI=1S/C11H17N5O2/c12-9(17)6-16-3-1-8(2-4-16)15-10-5-11(18)14-7-13-10/h5,7-8H,1-4,6H2,(H2,12,17)(H2,13,14,15,18). The van der Waals surface area contributed by atoms with E-state index < -0.39 is 0 Å². The molecular weight excluding hydrogens is 234 g/mol. The summed E-state index contributed by atoms with van der Waals surface area (Å²) >= 11 is 0. The Morgan fingerprint density at radius 3 is 2.89 bits per heavy atom. The van der Waals surface area contributed by atoms with Crippen LogP contribution in [0.4, 0.5) is 5.82 Å². The first-order valence-corrected chi connectivity index (χ1v) is 5.95. The Labute approximate surface area is 104 Å². The Morgan fingerprint density at radius 2 is 2.28 bits per heavy atom. The molecule has 0 bridgehead atoms. The lowest BCUT2D eigenvalue weighted by molar-refractivity contribution is -0.119. The van der Waals surface area contributed by atoms with Gasteiger partial charge in [0.15, 0.2) is 0 Å². The fourth-order valence-electron chi connectivity index (χ4n) is 2.11. The van der Waals surface area contributed by atoms with Crippen molar-refractivity contribution in [2.45, 2.75) is 18.9 Å². The number of carbonyl (C=O) groups excluding carboxylic acids is 1. The molecule has 1 fully saturated rings. The van der Waals surface area contributed by atoms with E-state index in [2.05, 4.69) is 15.3 Å². The largest absolute Gasteiger partial charge is 0.369 e.